The lowest BCUT2D eigenvalue weighted by molar-refractivity contribution is 0.00578. The highest BCUT2D eigenvalue weighted by Gasteiger charge is 2.52. The number of nitrogens with zero attached hydrogens (tertiary/aromatic N) is 2. The van der Waals surface area contributed by atoms with E-state index in [0.717, 1.165) is 12.0 Å². The highest BCUT2D eigenvalue weighted by Crippen LogP contribution is 2.37. The summed E-state index contributed by atoms with van der Waals surface area (Å²) in [5.74, 6) is 0.703. The van der Waals surface area contributed by atoms with E-state index < -0.39 is 12.7 Å². The summed E-state index contributed by atoms with van der Waals surface area (Å²) in [4.78, 5) is 18.8. The molecule has 2 unspecified atom stereocenters. The number of rotatable bonds is 2. The Bertz CT molecular complexity index is 726. The van der Waals surface area contributed by atoms with Crippen LogP contribution in [-0.4, -0.2) is 53.0 Å². The van der Waals surface area contributed by atoms with Crippen molar-refractivity contribution in [2.75, 3.05) is 13.1 Å². The van der Waals surface area contributed by atoms with Gasteiger partial charge in [-0.2, -0.15) is 0 Å². The highest BCUT2D eigenvalue weighted by molar-refractivity contribution is 6.61. The Balaban J connectivity index is 1.63. The van der Waals surface area contributed by atoms with Crippen molar-refractivity contribution in [3.8, 4) is 0 Å². The maximum Gasteiger partial charge on any atom is 0.514 e. The van der Waals surface area contributed by atoms with Gasteiger partial charge in [-0.25, -0.2) is 4.79 Å². The second-order valence-corrected chi connectivity index (χ2v) is 10.4. The van der Waals surface area contributed by atoms with Gasteiger partial charge >= 0.3 is 13.2 Å². The molecule has 1 amide bonds. The molecule has 0 N–H and O–H groups in total. The summed E-state index contributed by atoms with van der Waals surface area (Å²) >= 11 is 0. The summed E-state index contributed by atoms with van der Waals surface area (Å²) in [7, 11) is -0.444. The normalized spacial score (nSPS) is 26.5. The Kier molecular flexibility index (Phi) is 5.78. The molecule has 2 aliphatic heterocycles. The molecular weight excluding hydrogens is 367 g/mol. The van der Waals surface area contributed by atoms with Crippen molar-refractivity contribution >= 4 is 18.8 Å². The first kappa shape index (κ1) is 22.1. The smallest absolute Gasteiger partial charge is 0.444 e. The van der Waals surface area contributed by atoms with Crippen LogP contribution in [0.2, 0.25) is 0 Å². The van der Waals surface area contributed by atoms with E-state index in [-0.39, 0.29) is 17.3 Å². The Morgan fingerprint density at radius 1 is 1.21 bits per heavy atom. The lowest BCUT2D eigenvalue weighted by Gasteiger charge is -2.37. The molecule has 2 atom stereocenters. The standard InChI is InChI=1S/C22H35BN2O4/c1-15-14-25(19(26)27-20(2,3)4)12-11-17(15)16-9-10-18(24-13-16)23-28-21(5,6)22(7,8)29-23/h9-10,13,15,17H,11-12,14H2,1-8H3. The molecule has 0 radical (unpaired) electrons. The van der Waals surface area contributed by atoms with E-state index in [1.807, 2.05) is 65.6 Å². The van der Waals surface area contributed by atoms with Crippen LogP contribution in [-0.2, 0) is 14.0 Å². The SMILES string of the molecule is CC1CN(C(=O)OC(C)(C)C)CCC1c1ccc(B2OC(C)(C)C(C)(C)O2)nc1. The summed E-state index contributed by atoms with van der Waals surface area (Å²) in [6.45, 7) is 17.4. The van der Waals surface area contributed by atoms with Gasteiger partial charge in [0.2, 0.25) is 0 Å². The lowest BCUT2D eigenvalue weighted by atomic mass is 9.80. The molecule has 2 saturated heterocycles. The van der Waals surface area contributed by atoms with Gasteiger partial charge in [-0.15, -0.1) is 0 Å². The molecule has 0 aromatic carbocycles. The van der Waals surface area contributed by atoms with Crippen LogP contribution in [0.4, 0.5) is 4.79 Å². The van der Waals surface area contributed by atoms with Crippen molar-refractivity contribution in [2.24, 2.45) is 5.92 Å². The summed E-state index contributed by atoms with van der Waals surface area (Å²) in [5, 5.41) is 0. The number of piperidine rings is 1. The monoisotopic (exact) mass is 402 g/mol. The van der Waals surface area contributed by atoms with E-state index in [2.05, 4.69) is 18.0 Å². The Morgan fingerprint density at radius 3 is 2.31 bits per heavy atom. The van der Waals surface area contributed by atoms with E-state index >= 15 is 0 Å². The van der Waals surface area contributed by atoms with Gasteiger partial charge in [-0.3, -0.25) is 4.98 Å². The maximum atomic E-state index is 12.4. The molecule has 3 heterocycles. The molecule has 3 rings (SSSR count). The van der Waals surface area contributed by atoms with Crippen LogP contribution >= 0.6 is 0 Å². The molecule has 0 saturated carbocycles. The zero-order chi connectivity index (χ0) is 21.6. The van der Waals surface area contributed by atoms with Gasteiger partial charge in [0, 0.05) is 19.3 Å². The third-order valence-corrected chi connectivity index (χ3v) is 6.29. The Hall–Kier alpha value is -1.60. The van der Waals surface area contributed by atoms with Crippen LogP contribution in [0.1, 0.15) is 73.3 Å². The molecule has 2 fully saturated rings. The first-order chi connectivity index (χ1) is 13.3. The molecule has 29 heavy (non-hydrogen) atoms. The van der Waals surface area contributed by atoms with Gasteiger partial charge in [-0.05, 0) is 78.4 Å². The maximum absolute atomic E-state index is 12.4. The minimum atomic E-state index is -0.468. The number of ether oxygens (including phenoxy) is 1. The summed E-state index contributed by atoms with van der Waals surface area (Å²) < 4.78 is 17.7. The summed E-state index contributed by atoms with van der Waals surface area (Å²) in [5.41, 5.74) is 0.778. The molecule has 1 aromatic rings. The van der Waals surface area contributed by atoms with Gasteiger partial charge in [0.05, 0.1) is 16.8 Å². The van der Waals surface area contributed by atoms with E-state index in [9.17, 15) is 4.79 Å². The molecule has 7 heteroatoms. The number of hydrogen-bond acceptors (Lipinski definition) is 5. The summed E-state index contributed by atoms with van der Waals surface area (Å²) in [6, 6.07) is 4.13. The van der Waals surface area contributed by atoms with Gasteiger partial charge in [0.1, 0.15) is 5.60 Å². The first-order valence-electron chi connectivity index (χ1n) is 10.6. The van der Waals surface area contributed by atoms with Gasteiger partial charge in [0.15, 0.2) is 0 Å². The Labute approximate surface area is 175 Å². The summed E-state index contributed by atoms with van der Waals surface area (Å²) in [6.07, 6.45) is 2.61. The van der Waals surface area contributed by atoms with Gasteiger partial charge < -0.3 is 18.9 Å². The minimum absolute atomic E-state index is 0.225. The minimum Gasteiger partial charge on any atom is -0.444 e. The zero-order valence-electron chi connectivity index (χ0n) is 19.1. The average Bonchev–Trinajstić information content (AvgIpc) is 2.81. The molecule has 1 aromatic heterocycles. The van der Waals surface area contributed by atoms with Crippen LogP contribution in [0.25, 0.3) is 0 Å². The molecule has 6 nitrogen and oxygen atoms in total. The van der Waals surface area contributed by atoms with E-state index in [4.69, 9.17) is 14.0 Å². The Morgan fingerprint density at radius 2 is 1.83 bits per heavy atom. The number of carbonyl (C=O) groups excluding carboxylic acids is 1. The predicted molar refractivity (Wildman–Crippen MR) is 114 cm³/mol. The molecule has 0 spiro atoms. The van der Waals surface area contributed by atoms with Crippen molar-refractivity contribution in [2.45, 2.75) is 84.5 Å². The second kappa shape index (κ2) is 7.58. The average molecular weight is 402 g/mol. The van der Waals surface area contributed by atoms with E-state index in [1.165, 1.54) is 5.56 Å². The number of pyridine rings is 1. The van der Waals surface area contributed by atoms with Gasteiger partial charge in [0.25, 0.3) is 0 Å². The largest absolute Gasteiger partial charge is 0.514 e. The third-order valence-electron chi connectivity index (χ3n) is 6.29. The van der Waals surface area contributed by atoms with Crippen molar-refractivity contribution in [1.29, 1.82) is 0 Å². The van der Waals surface area contributed by atoms with Crippen molar-refractivity contribution in [3.63, 3.8) is 0 Å². The number of aromatic nitrogens is 1. The number of amides is 1. The molecule has 160 valence electrons. The van der Waals surface area contributed by atoms with Crippen LogP contribution in [0, 0.1) is 5.92 Å². The fraction of sp³-hybridized carbons (Fsp3) is 0.727. The van der Waals surface area contributed by atoms with E-state index in [0.29, 0.717) is 24.9 Å². The number of likely N-dealkylation sites (tertiary alicyclic amines) is 1. The highest BCUT2D eigenvalue weighted by atomic mass is 16.7. The fourth-order valence-corrected chi connectivity index (χ4v) is 3.87. The third kappa shape index (κ3) is 4.77. The number of carbonyl (C=O) groups is 1. The zero-order valence-corrected chi connectivity index (χ0v) is 19.1. The van der Waals surface area contributed by atoms with Crippen molar-refractivity contribution in [3.05, 3.63) is 23.9 Å². The molecule has 2 aliphatic rings. The lowest BCUT2D eigenvalue weighted by Crippen LogP contribution is -2.44. The second-order valence-electron chi connectivity index (χ2n) is 10.4. The number of hydrogen-bond donors (Lipinski definition) is 0. The first-order valence-corrected chi connectivity index (χ1v) is 10.6. The van der Waals surface area contributed by atoms with Crippen molar-refractivity contribution < 1.29 is 18.8 Å². The van der Waals surface area contributed by atoms with Crippen molar-refractivity contribution in [1.82, 2.24) is 9.88 Å². The van der Waals surface area contributed by atoms with Crippen LogP contribution in [0.5, 0.6) is 0 Å². The van der Waals surface area contributed by atoms with E-state index in [1.54, 1.807) is 0 Å². The molecule has 0 aliphatic carbocycles. The fourth-order valence-electron chi connectivity index (χ4n) is 3.87. The quantitative estimate of drug-likeness (QED) is 0.706. The topological polar surface area (TPSA) is 60.9 Å². The van der Waals surface area contributed by atoms with Crippen LogP contribution in [0.3, 0.4) is 0 Å². The van der Waals surface area contributed by atoms with Crippen LogP contribution in [0.15, 0.2) is 18.3 Å². The van der Waals surface area contributed by atoms with Crippen LogP contribution < -0.4 is 5.59 Å². The van der Waals surface area contributed by atoms with Gasteiger partial charge in [-0.1, -0.05) is 13.0 Å². The molecular formula is C22H35BN2O4. The molecule has 0 bridgehead atoms. The predicted octanol–water partition coefficient (Wildman–Crippen LogP) is 3.74.